The van der Waals surface area contributed by atoms with Crippen molar-refractivity contribution in [1.29, 1.82) is 0 Å². The molecule has 0 aliphatic rings. The minimum Gasteiger partial charge on any atom is -0.463 e. The highest BCUT2D eigenvalue weighted by Gasteiger charge is 1.98. The van der Waals surface area contributed by atoms with Crippen molar-refractivity contribution < 1.29 is 19.7 Å². The van der Waals surface area contributed by atoms with Gasteiger partial charge in [0, 0.05) is 0 Å². The lowest BCUT2D eigenvalue weighted by molar-refractivity contribution is -0.145. The molecule has 0 saturated heterocycles. The Labute approximate surface area is 59.2 Å². The SMILES string of the molecule is N.O=C(CCO)OCCO. The van der Waals surface area contributed by atoms with E-state index in [0.717, 1.165) is 0 Å². The number of esters is 1. The van der Waals surface area contributed by atoms with E-state index < -0.39 is 5.97 Å². The van der Waals surface area contributed by atoms with Crippen LogP contribution in [0.1, 0.15) is 6.42 Å². The molecular formula is C5H13NO4. The summed E-state index contributed by atoms with van der Waals surface area (Å²) in [6.45, 7) is -0.361. The molecule has 0 bridgehead atoms. The first-order chi connectivity index (χ1) is 4.31. The highest BCUT2D eigenvalue weighted by atomic mass is 16.5. The van der Waals surface area contributed by atoms with Crippen LogP contribution in [-0.4, -0.2) is 36.0 Å². The van der Waals surface area contributed by atoms with Gasteiger partial charge in [-0.2, -0.15) is 0 Å². The van der Waals surface area contributed by atoms with E-state index >= 15 is 0 Å². The fourth-order valence-corrected chi connectivity index (χ4v) is 0.323. The molecule has 0 amide bonds. The molecule has 0 heterocycles. The van der Waals surface area contributed by atoms with Crippen molar-refractivity contribution >= 4 is 5.97 Å². The zero-order valence-electron chi connectivity index (χ0n) is 5.75. The summed E-state index contributed by atoms with van der Waals surface area (Å²) in [6.07, 6.45) is 0. The van der Waals surface area contributed by atoms with Crippen LogP contribution in [-0.2, 0) is 9.53 Å². The summed E-state index contributed by atoms with van der Waals surface area (Å²) in [5.74, 6) is -0.480. The number of aliphatic hydroxyl groups is 2. The maximum absolute atomic E-state index is 10.3. The molecule has 0 atom stereocenters. The zero-order valence-corrected chi connectivity index (χ0v) is 5.75. The van der Waals surface area contributed by atoms with E-state index in [4.69, 9.17) is 10.2 Å². The van der Waals surface area contributed by atoms with Crippen LogP contribution in [0, 0.1) is 0 Å². The second kappa shape index (κ2) is 8.35. The quantitative estimate of drug-likeness (QED) is 0.450. The third-order valence-corrected chi connectivity index (χ3v) is 0.670. The summed E-state index contributed by atoms with van der Waals surface area (Å²) >= 11 is 0. The van der Waals surface area contributed by atoms with E-state index in [-0.39, 0.29) is 32.4 Å². The number of ether oxygens (including phenoxy) is 1. The summed E-state index contributed by atoms with van der Waals surface area (Å²) in [5, 5.41) is 16.3. The van der Waals surface area contributed by atoms with Gasteiger partial charge in [0.15, 0.2) is 0 Å². The lowest BCUT2D eigenvalue weighted by atomic mass is 10.5. The molecule has 0 fully saturated rings. The summed E-state index contributed by atoms with van der Waals surface area (Å²) in [4.78, 5) is 10.3. The Balaban J connectivity index is 0. The second-order valence-corrected chi connectivity index (χ2v) is 1.42. The summed E-state index contributed by atoms with van der Waals surface area (Å²) in [5.41, 5.74) is 0. The molecule has 0 aliphatic carbocycles. The van der Waals surface area contributed by atoms with Crippen LogP contribution < -0.4 is 6.15 Å². The van der Waals surface area contributed by atoms with E-state index in [0.29, 0.717) is 0 Å². The normalized spacial score (nSPS) is 8.20. The summed E-state index contributed by atoms with van der Waals surface area (Å²) in [7, 11) is 0. The van der Waals surface area contributed by atoms with Gasteiger partial charge in [0.25, 0.3) is 0 Å². The fraction of sp³-hybridized carbons (Fsp3) is 0.800. The molecule has 0 aromatic rings. The van der Waals surface area contributed by atoms with Gasteiger partial charge >= 0.3 is 5.97 Å². The molecule has 0 spiro atoms. The molecule has 0 aromatic carbocycles. The van der Waals surface area contributed by atoms with E-state index in [2.05, 4.69) is 4.74 Å². The molecule has 0 radical (unpaired) electrons. The van der Waals surface area contributed by atoms with Gasteiger partial charge < -0.3 is 21.1 Å². The van der Waals surface area contributed by atoms with E-state index in [9.17, 15) is 4.79 Å². The number of hydrogen-bond acceptors (Lipinski definition) is 5. The fourth-order valence-electron chi connectivity index (χ4n) is 0.323. The molecule has 62 valence electrons. The molecule has 0 unspecified atom stereocenters. The third-order valence-electron chi connectivity index (χ3n) is 0.670. The van der Waals surface area contributed by atoms with Gasteiger partial charge in [-0.25, -0.2) is 0 Å². The monoisotopic (exact) mass is 151 g/mol. The highest BCUT2D eigenvalue weighted by molar-refractivity contribution is 5.69. The molecule has 5 N–H and O–H groups in total. The van der Waals surface area contributed by atoms with E-state index in [1.54, 1.807) is 0 Å². The Morgan fingerprint density at radius 3 is 2.30 bits per heavy atom. The topological polar surface area (TPSA) is 102 Å². The zero-order chi connectivity index (χ0) is 7.11. The van der Waals surface area contributed by atoms with Gasteiger partial charge in [0.1, 0.15) is 6.61 Å². The van der Waals surface area contributed by atoms with Crippen molar-refractivity contribution in [2.45, 2.75) is 6.42 Å². The van der Waals surface area contributed by atoms with Crippen LogP contribution in [0.5, 0.6) is 0 Å². The number of rotatable bonds is 4. The Morgan fingerprint density at radius 1 is 1.30 bits per heavy atom. The van der Waals surface area contributed by atoms with Gasteiger partial charge in [-0.05, 0) is 0 Å². The smallest absolute Gasteiger partial charge is 0.308 e. The van der Waals surface area contributed by atoms with E-state index in [1.165, 1.54) is 0 Å². The van der Waals surface area contributed by atoms with Gasteiger partial charge in [-0.3, -0.25) is 4.79 Å². The first-order valence-electron chi connectivity index (χ1n) is 2.68. The number of aliphatic hydroxyl groups excluding tert-OH is 2. The molecule has 0 aromatic heterocycles. The largest absolute Gasteiger partial charge is 0.463 e. The Morgan fingerprint density at radius 2 is 1.90 bits per heavy atom. The van der Waals surface area contributed by atoms with Gasteiger partial charge in [-0.15, -0.1) is 0 Å². The predicted octanol–water partition coefficient (Wildman–Crippen LogP) is -0.934. The molecule has 0 aliphatic heterocycles. The Bertz CT molecular complexity index is 85.7. The van der Waals surface area contributed by atoms with Gasteiger partial charge in [-0.1, -0.05) is 0 Å². The van der Waals surface area contributed by atoms with Crippen LogP contribution in [0.2, 0.25) is 0 Å². The minimum absolute atomic E-state index is 0. The summed E-state index contributed by atoms with van der Waals surface area (Å²) in [6, 6.07) is 0. The average Bonchev–Trinajstić information content (AvgIpc) is 1.85. The lowest BCUT2D eigenvalue weighted by Crippen LogP contribution is -2.09. The molecule has 0 rings (SSSR count). The van der Waals surface area contributed by atoms with Crippen molar-refractivity contribution in [1.82, 2.24) is 6.15 Å². The summed E-state index contributed by atoms with van der Waals surface area (Å²) < 4.78 is 4.38. The maximum Gasteiger partial charge on any atom is 0.308 e. The van der Waals surface area contributed by atoms with Crippen molar-refractivity contribution in [2.24, 2.45) is 0 Å². The van der Waals surface area contributed by atoms with Crippen molar-refractivity contribution in [3.05, 3.63) is 0 Å². The molecule has 5 heteroatoms. The van der Waals surface area contributed by atoms with Crippen LogP contribution in [0.15, 0.2) is 0 Å². The van der Waals surface area contributed by atoms with E-state index in [1.807, 2.05) is 0 Å². The molecular weight excluding hydrogens is 138 g/mol. The van der Waals surface area contributed by atoms with Crippen molar-refractivity contribution in [3.63, 3.8) is 0 Å². The van der Waals surface area contributed by atoms with Gasteiger partial charge in [0.05, 0.1) is 19.6 Å². The molecule has 5 nitrogen and oxygen atoms in total. The lowest BCUT2D eigenvalue weighted by Gasteiger charge is -1.98. The minimum atomic E-state index is -0.480. The second-order valence-electron chi connectivity index (χ2n) is 1.42. The van der Waals surface area contributed by atoms with Crippen molar-refractivity contribution in [2.75, 3.05) is 19.8 Å². The maximum atomic E-state index is 10.3. The first-order valence-corrected chi connectivity index (χ1v) is 2.68. The Hall–Kier alpha value is -0.650. The molecule has 10 heavy (non-hydrogen) atoms. The average molecular weight is 151 g/mol. The number of carbonyl (C=O) groups is 1. The number of carbonyl (C=O) groups excluding carboxylic acids is 1. The standard InChI is InChI=1S/C5H10O4.H3N/c6-2-1-5(8)9-4-3-7;/h6-7H,1-4H2;1H3. The Kier molecular flexibility index (Phi) is 10.1. The third kappa shape index (κ3) is 7.35. The van der Waals surface area contributed by atoms with Crippen LogP contribution in [0.4, 0.5) is 0 Å². The molecule has 0 saturated carbocycles. The van der Waals surface area contributed by atoms with Crippen LogP contribution in [0.3, 0.4) is 0 Å². The van der Waals surface area contributed by atoms with Gasteiger partial charge in [0.2, 0.25) is 0 Å². The van der Waals surface area contributed by atoms with Crippen molar-refractivity contribution in [3.8, 4) is 0 Å². The first kappa shape index (κ1) is 12.1. The van der Waals surface area contributed by atoms with Crippen LogP contribution >= 0.6 is 0 Å². The highest BCUT2D eigenvalue weighted by Crippen LogP contribution is 1.82. The van der Waals surface area contributed by atoms with Crippen LogP contribution in [0.25, 0.3) is 0 Å². The number of hydrogen-bond donors (Lipinski definition) is 3. The predicted molar refractivity (Wildman–Crippen MR) is 34.8 cm³/mol.